The van der Waals surface area contributed by atoms with Crippen LogP contribution < -0.4 is 11.1 Å². The van der Waals surface area contributed by atoms with Crippen LogP contribution >= 0.6 is 0 Å². The van der Waals surface area contributed by atoms with Gasteiger partial charge in [0.1, 0.15) is 0 Å². The standard InChI is InChI=1S/C15H30N2O2/c1-15(2,3)10-12(16)13(17-14(18)19)9-11-7-5-4-6-8-11/h11-13,17H,4-10,16H2,1-3H3,(H,18,19)/t12-,13+/m1/s1. The highest BCUT2D eigenvalue weighted by atomic mass is 16.4. The van der Waals surface area contributed by atoms with E-state index < -0.39 is 6.09 Å². The molecule has 1 saturated carbocycles. The molecule has 1 aliphatic carbocycles. The molecule has 0 aromatic heterocycles. The average Bonchev–Trinajstić information content (AvgIpc) is 2.26. The van der Waals surface area contributed by atoms with Gasteiger partial charge in [0.2, 0.25) is 0 Å². The topological polar surface area (TPSA) is 75.3 Å². The Bertz CT molecular complexity index is 280. The molecular formula is C15H30N2O2. The van der Waals surface area contributed by atoms with E-state index in [1.54, 1.807) is 0 Å². The highest BCUT2D eigenvalue weighted by molar-refractivity contribution is 5.64. The quantitative estimate of drug-likeness (QED) is 0.717. The van der Waals surface area contributed by atoms with Crippen LogP contribution in [-0.2, 0) is 0 Å². The lowest BCUT2D eigenvalue weighted by molar-refractivity contribution is 0.176. The zero-order chi connectivity index (χ0) is 14.5. The summed E-state index contributed by atoms with van der Waals surface area (Å²) >= 11 is 0. The predicted octanol–water partition coefficient (Wildman–Crippen LogP) is 3.36. The van der Waals surface area contributed by atoms with Gasteiger partial charge in [-0.25, -0.2) is 4.79 Å². The lowest BCUT2D eigenvalue weighted by Gasteiger charge is -2.33. The van der Waals surface area contributed by atoms with Gasteiger partial charge in [-0.2, -0.15) is 0 Å². The fourth-order valence-electron chi connectivity index (χ4n) is 3.13. The molecule has 0 radical (unpaired) electrons. The van der Waals surface area contributed by atoms with E-state index in [1.165, 1.54) is 32.1 Å². The Labute approximate surface area is 117 Å². The van der Waals surface area contributed by atoms with Gasteiger partial charge in [0.05, 0.1) is 0 Å². The summed E-state index contributed by atoms with van der Waals surface area (Å²) in [4.78, 5) is 11.0. The molecule has 0 aliphatic heterocycles. The molecule has 0 bridgehead atoms. The first kappa shape index (κ1) is 16.3. The molecule has 0 unspecified atom stereocenters. The largest absolute Gasteiger partial charge is 0.465 e. The van der Waals surface area contributed by atoms with E-state index in [2.05, 4.69) is 26.1 Å². The van der Waals surface area contributed by atoms with Crippen LogP contribution in [0, 0.1) is 11.3 Å². The molecule has 0 heterocycles. The van der Waals surface area contributed by atoms with E-state index in [4.69, 9.17) is 10.8 Å². The van der Waals surface area contributed by atoms with Crippen LogP contribution in [0.3, 0.4) is 0 Å². The molecule has 112 valence electrons. The van der Waals surface area contributed by atoms with Crippen molar-refractivity contribution < 1.29 is 9.90 Å². The summed E-state index contributed by atoms with van der Waals surface area (Å²) in [6, 6.07) is -0.210. The highest BCUT2D eigenvalue weighted by Crippen LogP contribution is 2.29. The molecule has 0 aromatic rings. The van der Waals surface area contributed by atoms with Crippen LogP contribution in [0.5, 0.6) is 0 Å². The van der Waals surface area contributed by atoms with Gasteiger partial charge >= 0.3 is 6.09 Å². The molecule has 0 saturated heterocycles. The first-order valence-electron chi connectivity index (χ1n) is 7.53. The van der Waals surface area contributed by atoms with Crippen LogP contribution in [0.4, 0.5) is 4.79 Å². The minimum atomic E-state index is -0.954. The molecule has 1 aliphatic rings. The number of nitrogens with one attached hydrogen (secondary N) is 1. The summed E-state index contributed by atoms with van der Waals surface area (Å²) in [5, 5.41) is 11.6. The normalized spacial score (nSPS) is 20.8. The van der Waals surface area contributed by atoms with Gasteiger partial charge in [-0.1, -0.05) is 52.9 Å². The lowest BCUT2D eigenvalue weighted by Crippen LogP contribution is -2.49. The maximum Gasteiger partial charge on any atom is 0.404 e. The van der Waals surface area contributed by atoms with E-state index in [9.17, 15) is 4.79 Å². The smallest absolute Gasteiger partial charge is 0.404 e. The monoisotopic (exact) mass is 270 g/mol. The number of carbonyl (C=O) groups is 1. The van der Waals surface area contributed by atoms with E-state index in [0.29, 0.717) is 5.92 Å². The number of hydrogen-bond acceptors (Lipinski definition) is 2. The number of nitrogens with two attached hydrogens (primary N) is 1. The van der Waals surface area contributed by atoms with Gasteiger partial charge in [0.25, 0.3) is 0 Å². The van der Waals surface area contributed by atoms with Crippen molar-refractivity contribution in [3.63, 3.8) is 0 Å². The zero-order valence-electron chi connectivity index (χ0n) is 12.6. The van der Waals surface area contributed by atoms with E-state index >= 15 is 0 Å². The van der Waals surface area contributed by atoms with Gasteiger partial charge in [0, 0.05) is 12.1 Å². The van der Waals surface area contributed by atoms with Crippen molar-refractivity contribution >= 4 is 6.09 Å². The first-order chi connectivity index (χ1) is 8.78. The predicted molar refractivity (Wildman–Crippen MR) is 78.2 cm³/mol. The molecule has 4 N–H and O–H groups in total. The van der Waals surface area contributed by atoms with Crippen LogP contribution in [0.15, 0.2) is 0 Å². The van der Waals surface area contributed by atoms with Crippen molar-refractivity contribution in [2.75, 3.05) is 0 Å². The fourth-order valence-corrected chi connectivity index (χ4v) is 3.13. The van der Waals surface area contributed by atoms with Crippen molar-refractivity contribution in [2.45, 2.75) is 77.8 Å². The zero-order valence-corrected chi connectivity index (χ0v) is 12.6. The Morgan fingerprint density at radius 1 is 1.32 bits per heavy atom. The summed E-state index contributed by atoms with van der Waals surface area (Å²) in [7, 11) is 0. The first-order valence-corrected chi connectivity index (χ1v) is 7.53. The second-order valence-corrected chi connectivity index (χ2v) is 7.22. The van der Waals surface area contributed by atoms with Gasteiger partial charge in [0.15, 0.2) is 0 Å². The Balaban J connectivity index is 2.56. The number of carboxylic acid groups (broad SMARTS) is 1. The van der Waals surface area contributed by atoms with Crippen molar-refractivity contribution in [1.29, 1.82) is 0 Å². The minimum absolute atomic E-state index is 0.0990. The minimum Gasteiger partial charge on any atom is -0.465 e. The van der Waals surface area contributed by atoms with Crippen LogP contribution in [0.1, 0.15) is 65.7 Å². The summed E-state index contributed by atoms with van der Waals surface area (Å²) in [6.45, 7) is 6.43. The van der Waals surface area contributed by atoms with Crippen molar-refractivity contribution in [3.8, 4) is 0 Å². The molecule has 19 heavy (non-hydrogen) atoms. The molecule has 4 nitrogen and oxygen atoms in total. The van der Waals surface area contributed by atoms with Crippen molar-refractivity contribution in [2.24, 2.45) is 17.1 Å². The maximum absolute atomic E-state index is 11.0. The molecule has 0 spiro atoms. The summed E-state index contributed by atoms with van der Waals surface area (Å²) in [5.41, 5.74) is 6.37. The fraction of sp³-hybridized carbons (Fsp3) is 0.933. The molecule has 1 fully saturated rings. The average molecular weight is 270 g/mol. The molecule has 1 rings (SSSR count). The summed E-state index contributed by atoms with van der Waals surface area (Å²) in [5.74, 6) is 0.636. The number of rotatable bonds is 5. The van der Waals surface area contributed by atoms with Crippen molar-refractivity contribution in [3.05, 3.63) is 0 Å². The Morgan fingerprint density at radius 2 is 1.89 bits per heavy atom. The number of amides is 1. The molecule has 4 heteroatoms. The van der Waals surface area contributed by atoms with Gasteiger partial charge in [-0.05, 0) is 24.2 Å². The Morgan fingerprint density at radius 3 is 2.37 bits per heavy atom. The van der Waals surface area contributed by atoms with Crippen LogP contribution in [-0.4, -0.2) is 23.3 Å². The summed E-state index contributed by atoms with van der Waals surface area (Å²) in [6.07, 6.45) is 7.10. The van der Waals surface area contributed by atoms with Gasteiger partial charge in [-0.3, -0.25) is 0 Å². The molecular weight excluding hydrogens is 240 g/mol. The highest BCUT2D eigenvalue weighted by Gasteiger charge is 2.27. The van der Waals surface area contributed by atoms with E-state index in [1.807, 2.05) is 0 Å². The third-order valence-corrected chi connectivity index (χ3v) is 3.99. The summed E-state index contributed by atoms with van der Waals surface area (Å²) < 4.78 is 0. The third-order valence-electron chi connectivity index (χ3n) is 3.99. The second-order valence-electron chi connectivity index (χ2n) is 7.22. The molecule has 1 amide bonds. The maximum atomic E-state index is 11.0. The van der Waals surface area contributed by atoms with Gasteiger partial charge in [-0.15, -0.1) is 0 Å². The Hall–Kier alpha value is -0.770. The molecule has 0 aromatic carbocycles. The van der Waals surface area contributed by atoms with Crippen LogP contribution in [0.2, 0.25) is 0 Å². The number of hydrogen-bond donors (Lipinski definition) is 3. The van der Waals surface area contributed by atoms with E-state index in [0.717, 1.165) is 12.8 Å². The SMILES string of the molecule is CC(C)(C)C[C@@H](N)[C@H](CC1CCCCC1)NC(=O)O. The lowest BCUT2D eigenvalue weighted by atomic mass is 9.80. The van der Waals surface area contributed by atoms with Gasteiger partial charge < -0.3 is 16.2 Å². The second kappa shape index (κ2) is 7.13. The van der Waals surface area contributed by atoms with Crippen LogP contribution in [0.25, 0.3) is 0 Å². The van der Waals surface area contributed by atoms with E-state index in [-0.39, 0.29) is 17.5 Å². The third kappa shape index (κ3) is 6.81. The Kier molecular flexibility index (Phi) is 6.11. The molecule has 2 atom stereocenters. The van der Waals surface area contributed by atoms with Crippen molar-refractivity contribution in [1.82, 2.24) is 5.32 Å².